The summed E-state index contributed by atoms with van der Waals surface area (Å²) in [6.07, 6.45) is 1.63. The van der Waals surface area contributed by atoms with E-state index in [1.54, 1.807) is 31.5 Å². The van der Waals surface area contributed by atoms with Crippen molar-refractivity contribution in [2.24, 2.45) is 0 Å². The van der Waals surface area contributed by atoms with Gasteiger partial charge in [0.1, 0.15) is 5.75 Å². The monoisotopic (exact) mass is 370 g/mol. The van der Waals surface area contributed by atoms with Gasteiger partial charge < -0.3 is 29.2 Å². The maximum absolute atomic E-state index is 12.8. The summed E-state index contributed by atoms with van der Waals surface area (Å²) in [6.45, 7) is 2.51. The second-order valence-corrected chi connectivity index (χ2v) is 5.68. The number of ether oxygens (including phenoxy) is 4. The first-order chi connectivity index (χ1) is 13.1. The van der Waals surface area contributed by atoms with Gasteiger partial charge in [0.2, 0.25) is 5.75 Å². The van der Waals surface area contributed by atoms with E-state index in [2.05, 4.69) is 10.3 Å². The number of aromatic amines is 1. The fourth-order valence-corrected chi connectivity index (χ4v) is 2.94. The summed E-state index contributed by atoms with van der Waals surface area (Å²) in [4.78, 5) is 15.9. The zero-order valence-electron chi connectivity index (χ0n) is 15.7. The highest BCUT2D eigenvalue weighted by atomic mass is 16.5. The Balaban J connectivity index is 1.97. The normalized spacial score (nSPS) is 10.5. The van der Waals surface area contributed by atoms with Gasteiger partial charge in [0.25, 0.3) is 5.91 Å². The van der Waals surface area contributed by atoms with Crippen molar-refractivity contribution < 1.29 is 23.7 Å². The number of H-pyrrole nitrogens is 1. The lowest BCUT2D eigenvalue weighted by molar-refractivity contribution is 0.102. The van der Waals surface area contributed by atoms with Crippen LogP contribution in [0.1, 0.15) is 17.3 Å². The number of anilines is 1. The molecule has 142 valence electrons. The van der Waals surface area contributed by atoms with Crippen molar-refractivity contribution in [3.05, 3.63) is 42.1 Å². The van der Waals surface area contributed by atoms with Gasteiger partial charge in [-0.05, 0) is 31.2 Å². The second kappa shape index (κ2) is 7.90. The number of methoxy groups -OCH3 is 3. The molecule has 0 atom stereocenters. The third kappa shape index (κ3) is 3.48. The molecule has 7 nitrogen and oxygen atoms in total. The third-order valence-corrected chi connectivity index (χ3v) is 4.14. The van der Waals surface area contributed by atoms with Crippen molar-refractivity contribution in [3.63, 3.8) is 0 Å². The Morgan fingerprint density at radius 1 is 1.04 bits per heavy atom. The smallest absolute Gasteiger partial charge is 0.257 e. The Hall–Kier alpha value is -3.35. The number of rotatable bonds is 7. The van der Waals surface area contributed by atoms with E-state index in [0.717, 1.165) is 5.75 Å². The minimum absolute atomic E-state index is 0.268. The third-order valence-electron chi connectivity index (χ3n) is 4.14. The van der Waals surface area contributed by atoms with Crippen molar-refractivity contribution in [2.75, 3.05) is 33.3 Å². The minimum atomic E-state index is -0.268. The maximum Gasteiger partial charge on any atom is 0.257 e. The molecule has 1 heterocycles. The number of benzene rings is 2. The molecule has 0 spiro atoms. The first-order valence-corrected chi connectivity index (χ1v) is 8.47. The van der Waals surface area contributed by atoms with Crippen LogP contribution in [0.15, 0.2) is 36.5 Å². The van der Waals surface area contributed by atoms with Gasteiger partial charge in [0, 0.05) is 18.0 Å². The van der Waals surface area contributed by atoms with Crippen molar-refractivity contribution in [2.45, 2.75) is 6.92 Å². The van der Waals surface area contributed by atoms with E-state index in [0.29, 0.717) is 46.0 Å². The molecule has 1 aromatic heterocycles. The molecule has 0 bridgehead atoms. The lowest BCUT2D eigenvalue weighted by Crippen LogP contribution is -2.11. The zero-order valence-corrected chi connectivity index (χ0v) is 15.7. The van der Waals surface area contributed by atoms with Crippen LogP contribution in [0.4, 0.5) is 5.69 Å². The van der Waals surface area contributed by atoms with Crippen LogP contribution in [-0.4, -0.2) is 38.8 Å². The molecular weight excluding hydrogens is 348 g/mol. The molecule has 1 amide bonds. The fraction of sp³-hybridized carbons (Fsp3) is 0.250. The zero-order chi connectivity index (χ0) is 19.4. The van der Waals surface area contributed by atoms with Crippen LogP contribution >= 0.6 is 0 Å². The van der Waals surface area contributed by atoms with Crippen LogP contribution in [0.25, 0.3) is 10.9 Å². The molecule has 0 saturated heterocycles. The SMILES string of the molecule is CCOc1ccc(NC(=O)c2c[nH]c3cc(OC)c(OC)c(OC)c23)cc1. The van der Waals surface area contributed by atoms with Crippen LogP contribution in [0.5, 0.6) is 23.0 Å². The number of fused-ring (bicyclic) bond motifs is 1. The molecule has 0 saturated carbocycles. The van der Waals surface area contributed by atoms with Crippen molar-refractivity contribution in [1.82, 2.24) is 4.98 Å². The van der Waals surface area contributed by atoms with Gasteiger partial charge in [-0.2, -0.15) is 0 Å². The number of amides is 1. The van der Waals surface area contributed by atoms with E-state index in [4.69, 9.17) is 18.9 Å². The van der Waals surface area contributed by atoms with E-state index in [1.807, 2.05) is 19.1 Å². The molecule has 0 radical (unpaired) electrons. The molecule has 3 rings (SSSR count). The summed E-state index contributed by atoms with van der Waals surface area (Å²) < 4.78 is 21.7. The summed E-state index contributed by atoms with van der Waals surface area (Å²) in [7, 11) is 4.60. The predicted octanol–water partition coefficient (Wildman–Crippen LogP) is 3.84. The van der Waals surface area contributed by atoms with Crippen LogP contribution < -0.4 is 24.3 Å². The molecule has 0 aliphatic heterocycles. The van der Waals surface area contributed by atoms with E-state index in [1.165, 1.54) is 14.2 Å². The van der Waals surface area contributed by atoms with Gasteiger partial charge in [0.15, 0.2) is 11.5 Å². The highest BCUT2D eigenvalue weighted by molar-refractivity contribution is 6.15. The lowest BCUT2D eigenvalue weighted by Gasteiger charge is -2.14. The minimum Gasteiger partial charge on any atom is -0.494 e. The molecule has 27 heavy (non-hydrogen) atoms. The molecule has 2 aromatic carbocycles. The molecule has 0 fully saturated rings. The van der Waals surface area contributed by atoms with E-state index in [-0.39, 0.29) is 5.91 Å². The number of nitrogens with one attached hydrogen (secondary N) is 2. The van der Waals surface area contributed by atoms with Crippen molar-refractivity contribution in [1.29, 1.82) is 0 Å². The Bertz CT molecular complexity index is 947. The first kappa shape index (κ1) is 18.4. The summed E-state index contributed by atoms with van der Waals surface area (Å²) in [6, 6.07) is 8.97. The summed E-state index contributed by atoms with van der Waals surface area (Å²) >= 11 is 0. The summed E-state index contributed by atoms with van der Waals surface area (Å²) in [5.41, 5.74) is 1.82. The molecule has 0 aliphatic rings. The number of carbonyl (C=O) groups is 1. The fourth-order valence-electron chi connectivity index (χ4n) is 2.94. The van der Waals surface area contributed by atoms with Gasteiger partial charge in [-0.1, -0.05) is 0 Å². The van der Waals surface area contributed by atoms with Crippen LogP contribution in [0.2, 0.25) is 0 Å². The summed E-state index contributed by atoms with van der Waals surface area (Å²) in [5, 5.41) is 3.50. The molecular formula is C20H22N2O5. The topological polar surface area (TPSA) is 81.8 Å². The molecule has 0 unspecified atom stereocenters. The van der Waals surface area contributed by atoms with Gasteiger partial charge in [0.05, 0.1) is 44.4 Å². The average Bonchev–Trinajstić information content (AvgIpc) is 3.11. The van der Waals surface area contributed by atoms with Crippen LogP contribution in [0, 0.1) is 0 Å². The lowest BCUT2D eigenvalue weighted by atomic mass is 10.1. The Labute approximate surface area is 157 Å². The average molecular weight is 370 g/mol. The van der Waals surface area contributed by atoms with Gasteiger partial charge in [-0.3, -0.25) is 4.79 Å². The molecule has 7 heteroatoms. The highest BCUT2D eigenvalue weighted by Crippen LogP contribution is 2.44. The van der Waals surface area contributed by atoms with Crippen molar-refractivity contribution in [3.8, 4) is 23.0 Å². The van der Waals surface area contributed by atoms with Crippen LogP contribution in [-0.2, 0) is 0 Å². The van der Waals surface area contributed by atoms with E-state index in [9.17, 15) is 4.79 Å². The molecule has 0 aliphatic carbocycles. The Morgan fingerprint density at radius 3 is 2.33 bits per heavy atom. The van der Waals surface area contributed by atoms with Gasteiger partial charge in [-0.25, -0.2) is 0 Å². The number of aromatic nitrogens is 1. The maximum atomic E-state index is 12.8. The quantitative estimate of drug-likeness (QED) is 0.660. The predicted molar refractivity (Wildman–Crippen MR) is 104 cm³/mol. The van der Waals surface area contributed by atoms with Crippen LogP contribution in [0.3, 0.4) is 0 Å². The first-order valence-electron chi connectivity index (χ1n) is 8.47. The van der Waals surface area contributed by atoms with Gasteiger partial charge in [-0.15, -0.1) is 0 Å². The van der Waals surface area contributed by atoms with Crippen molar-refractivity contribution >= 4 is 22.5 Å². The number of carbonyl (C=O) groups excluding carboxylic acids is 1. The second-order valence-electron chi connectivity index (χ2n) is 5.68. The largest absolute Gasteiger partial charge is 0.494 e. The molecule has 3 aromatic rings. The van der Waals surface area contributed by atoms with E-state index >= 15 is 0 Å². The standard InChI is InChI=1S/C20H22N2O5/c1-5-27-13-8-6-12(7-9-13)22-20(23)14-11-21-15-10-16(24-2)18(25-3)19(26-4)17(14)15/h6-11,21H,5H2,1-4H3,(H,22,23). The molecule has 2 N–H and O–H groups in total. The van der Waals surface area contributed by atoms with E-state index < -0.39 is 0 Å². The number of hydrogen-bond acceptors (Lipinski definition) is 5. The van der Waals surface area contributed by atoms with Gasteiger partial charge >= 0.3 is 0 Å². The Kier molecular flexibility index (Phi) is 5.40. The number of hydrogen-bond donors (Lipinski definition) is 2. The summed E-state index contributed by atoms with van der Waals surface area (Å²) in [5.74, 6) is 1.87. The Morgan fingerprint density at radius 2 is 1.74 bits per heavy atom. The highest BCUT2D eigenvalue weighted by Gasteiger charge is 2.22.